The number of methoxy groups -OCH3 is 2. The Hall–Kier alpha value is -4.70. The number of carbonyl (C=O) groups is 2. The van der Waals surface area contributed by atoms with E-state index in [1.807, 2.05) is 18.2 Å². The van der Waals surface area contributed by atoms with Gasteiger partial charge < -0.3 is 14.4 Å². The lowest BCUT2D eigenvalue weighted by Gasteiger charge is -2.17. The fourth-order valence-electron chi connectivity index (χ4n) is 5.58. The fraction of sp³-hybridized carbons (Fsp3) is 0.161. The van der Waals surface area contributed by atoms with Crippen LogP contribution in [-0.2, 0) is 27.8 Å². The van der Waals surface area contributed by atoms with Gasteiger partial charge in [0.2, 0.25) is 0 Å². The third kappa shape index (κ3) is 4.13. The van der Waals surface area contributed by atoms with Crippen LogP contribution in [0.15, 0.2) is 77.7 Å². The molecule has 10 heteroatoms. The highest BCUT2D eigenvalue weighted by molar-refractivity contribution is 7.90. The lowest BCUT2D eigenvalue weighted by molar-refractivity contribution is 0.0602. The van der Waals surface area contributed by atoms with E-state index in [0.717, 1.165) is 15.6 Å². The monoisotopic (exact) mass is 572 g/mol. The molecule has 1 aliphatic heterocycles. The molecule has 0 atom stereocenters. The van der Waals surface area contributed by atoms with Crippen LogP contribution in [0, 0.1) is 12.7 Å². The van der Waals surface area contributed by atoms with Crippen molar-refractivity contribution in [2.75, 3.05) is 14.2 Å². The number of carbonyl (C=O) groups excluding carboxylic acids is 2. The number of aryl methyl sites for hydroxylation is 1. The quantitative estimate of drug-likeness (QED) is 0.252. The van der Waals surface area contributed by atoms with Crippen molar-refractivity contribution in [3.63, 3.8) is 0 Å². The van der Waals surface area contributed by atoms with Gasteiger partial charge in [0.25, 0.3) is 15.9 Å². The molecular formula is C31H25FN2O6S. The van der Waals surface area contributed by atoms with Gasteiger partial charge >= 0.3 is 5.97 Å². The van der Waals surface area contributed by atoms with Crippen molar-refractivity contribution in [2.24, 2.45) is 0 Å². The molecule has 1 aliphatic rings. The Morgan fingerprint density at radius 3 is 2.51 bits per heavy atom. The minimum atomic E-state index is -4.31. The standard InChI is InChI=1S/C31H25FN2O6S/c1-18-7-6-9-22(13-18)41(37,38)34-25-12-11-21(32)15-23(25)28-27-20(14-24(29(28)34)31(36)40-3)17-33(30(27)35)16-19-8-4-5-10-26(19)39-2/h4-15H,16-17H2,1-3H3. The first kappa shape index (κ1) is 26.5. The van der Waals surface area contributed by atoms with Crippen molar-refractivity contribution in [2.45, 2.75) is 24.9 Å². The molecule has 4 aromatic carbocycles. The average molecular weight is 573 g/mol. The second-order valence-electron chi connectivity index (χ2n) is 9.89. The Balaban J connectivity index is 1.67. The van der Waals surface area contributed by atoms with Crippen molar-refractivity contribution in [1.29, 1.82) is 0 Å². The predicted molar refractivity (Wildman–Crippen MR) is 151 cm³/mol. The second-order valence-corrected chi connectivity index (χ2v) is 11.7. The average Bonchev–Trinajstić information content (AvgIpc) is 3.46. The number of amides is 1. The number of esters is 1. The predicted octanol–water partition coefficient (Wildman–Crippen LogP) is 5.43. The van der Waals surface area contributed by atoms with Gasteiger partial charge in [-0.3, -0.25) is 4.79 Å². The summed E-state index contributed by atoms with van der Waals surface area (Å²) in [4.78, 5) is 28.7. The zero-order valence-corrected chi connectivity index (χ0v) is 23.3. The molecule has 208 valence electrons. The van der Waals surface area contributed by atoms with E-state index in [1.165, 1.54) is 37.4 Å². The molecule has 8 nitrogen and oxygen atoms in total. The van der Waals surface area contributed by atoms with Crippen molar-refractivity contribution >= 4 is 43.7 Å². The van der Waals surface area contributed by atoms with Gasteiger partial charge in [0, 0.05) is 29.4 Å². The fourth-order valence-corrected chi connectivity index (χ4v) is 7.22. The Morgan fingerprint density at radius 1 is 1.00 bits per heavy atom. The first-order valence-electron chi connectivity index (χ1n) is 12.8. The highest BCUT2D eigenvalue weighted by Crippen LogP contribution is 2.42. The Bertz CT molecular complexity index is 2010. The molecular weight excluding hydrogens is 547 g/mol. The summed E-state index contributed by atoms with van der Waals surface area (Å²) in [7, 11) is -1.57. The van der Waals surface area contributed by atoms with Gasteiger partial charge in [-0.15, -0.1) is 0 Å². The summed E-state index contributed by atoms with van der Waals surface area (Å²) in [6, 6.07) is 18.8. The van der Waals surface area contributed by atoms with Crippen LogP contribution in [0.3, 0.4) is 0 Å². The molecule has 0 saturated carbocycles. The third-order valence-electron chi connectivity index (χ3n) is 7.38. The SMILES string of the molecule is COC(=O)c1cc2c(c3c4cc(F)ccc4n(S(=O)(=O)c4cccc(C)c4)c13)C(=O)N(Cc1ccccc1OC)C2. The van der Waals surface area contributed by atoms with Gasteiger partial charge in [-0.05, 0) is 60.5 Å². The molecule has 5 aromatic rings. The topological polar surface area (TPSA) is 94.9 Å². The molecule has 0 saturated heterocycles. The van der Waals surface area contributed by atoms with Crippen LogP contribution in [0.25, 0.3) is 21.8 Å². The maximum absolute atomic E-state index is 14.7. The number of fused-ring (bicyclic) bond motifs is 5. The highest BCUT2D eigenvalue weighted by Gasteiger charge is 2.37. The number of hydrogen-bond donors (Lipinski definition) is 0. The van der Waals surface area contributed by atoms with E-state index in [4.69, 9.17) is 9.47 Å². The largest absolute Gasteiger partial charge is 0.496 e. The summed E-state index contributed by atoms with van der Waals surface area (Å²) >= 11 is 0. The normalized spacial score (nSPS) is 13.2. The van der Waals surface area contributed by atoms with E-state index in [9.17, 15) is 22.4 Å². The number of hydrogen-bond acceptors (Lipinski definition) is 6. The number of para-hydroxylation sites is 1. The summed E-state index contributed by atoms with van der Waals surface area (Å²) in [6.45, 7) is 2.13. The third-order valence-corrected chi connectivity index (χ3v) is 9.09. The Kier molecular flexibility index (Phi) is 6.30. The smallest absolute Gasteiger partial charge is 0.340 e. The van der Waals surface area contributed by atoms with Crippen LogP contribution < -0.4 is 4.74 Å². The maximum atomic E-state index is 14.7. The number of nitrogens with zero attached hydrogens (tertiary/aromatic N) is 2. The van der Waals surface area contributed by atoms with Gasteiger partial charge in [0.15, 0.2) is 0 Å². The van der Waals surface area contributed by atoms with Crippen LogP contribution in [0.2, 0.25) is 0 Å². The minimum absolute atomic E-state index is 0.0129. The van der Waals surface area contributed by atoms with E-state index in [1.54, 1.807) is 37.1 Å². The summed E-state index contributed by atoms with van der Waals surface area (Å²) in [5.74, 6) is -1.15. The molecule has 0 N–H and O–H groups in total. The molecule has 1 amide bonds. The van der Waals surface area contributed by atoms with E-state index in [0.29, 0.717) is 16.9 Å². The van der Waals surface area contributed by atoms with Crippen LogP contribution in [0.5, 0.6) is 5.75 Å². The van der Waals surface area contributed by atoms with Gasteiger partial charge in [-0.25, -0.2) is 21.6 Å². The van der Waals surface area contributed by atoms with Gasteiger partial charge in [0.1, 0.15) is 11.6 Å². The molecule has 2 heterocycles. The minimum Gasteiger partial charge on any atom is -0.496 e. The lowest BCUT2D eigenvalue weighted by atomic mass is 9.98. The first-order valence-corrected chi connectivity index (χ1v) is 14.2. The van der Waals surface area contributed by atoms with Crippen LogP contribution in [-0.4, -0.2) is 43.4 Å². The first-order chi connectivity index (χ1) is 19.6. The zero-order chi connectivity index (χ0) is 29.1. The highest BCUT2D eigenvalue weighted by atomic mass is 32.2. The maximum Gasteiger partial charge on any atom is 0.340 e. The Labute approximate surface area is 235 Å². The number of aromatic nitrogens is 1. The van der Waals surface area contributed by atoms with Crippen LogP contribution >= 0.6 is 0 Å². The molecule has 0 radical (unpaired) electrons. The number of rotatable bonds is 6. The second kappa shape index (κ2) is 9.74. The molecule has 0 fully saturated rings. The number of benzene rings is 4. The molecule has 0 bridgehead atoms. The van der Waals surface area contributed by atoms with Gasteiger partial charge in [-0.1, -0.05) is 30.3 Å². The van der Waals surface area contributed by atoms with Crippen LogP contribution in [0.4, 0.5) is 4.39 Å². The molecule has 0 unspecified atom stereocenters. The van der Waals surface area contributed by atoms with Crippen molar-refractivity contribution in [3.05, 3.63) is 106 Å². The summed E-state index contributed by atoms with van der Waals surface area (Å²) < 4.78 is 54.6. The Morgan fingerprint density at radius 2 is 1.78 bits per heavy atom. The van der Waals surface area contributed by atoms with Crippen molar-refractivity contribution in [3.8, 4) is 5.75 Å². The van der Waals surface area contributed by atoms with Gasteiger partial charge in [-0.2, -0.15) is 0 Å². The summed E-state index contributed by atoms with van der Waals surface area (Å²) in [6.07, 6.45) is 0. The van der Waals surface area contributed by atoms with Gasteiger partial charge in [0.05, 0.1) is 41.3 Å². The molecule has 41 heavy (non-hydrogen) atoms. The van der Waals surface area contributed by atoms with E-state index in [-0.39, 0.29) is 56.8 Å². The van der Waals surface area contributed by atoms with E-state index in [2.05, 4.69) is 0 Å². The van der Waals surface area contributed by atoms with E-state index >= 15 is 0 Å². The van der Waals surface area contributed by atoms with Crippen molar-refractivity contribution in [1.82, 2.24) is 8.87 Å². The summed E-state index contributed by atoms with van der Waals surface area (Å²) in [5, 5.41) is 0.381. The number of halogens is 1. The summed E-state index contributed by atoms with van der Waals surface area (Å²) in [5.41, 5.74) is 2.28. The molecule has 1 aromatic heterocycles. The van der Waals surface area contributed by atoms with E-state index < -0.39 is 21.8 Å². The number of ether oxygens (including phenoxy) is 2. The lowest BCUT2D eigenvalue weighted by Crippen LogP contribution is -2.23. The van der Waals surface area contributed by atoms with Crippen molar-refractivity contribution < 1.29 is 31.9 Å². The molecule has 0 spiro atoms. The molecule has 0 aliphatic carbocycles. The zero-order valence-electron chi connectivity index (χ0n) is 22.5. The van der Waals surface area contributed by atoms with Crippen LogP contribution in [0.1, 0.15) is 37.4 Å². The molecule has 6 rings (SSSR count).